The third-order valence-electron chi connectivity index (χ3n) is 7.58. The van der Waals surface area contributed by atoms with Crippen LogP contribution in [0.1, 0.15) is 111 Å². The van der Waals surface area contributed by atoms with E-state index in [2.05, 4.69) is 25.5 Å². The van der Waals surface area contributed by atoms with E-state index in [1.54, 1.807) is 0 Å². The average molecular weight is 491 g/mol. The van der Waals surface area contributed by atoms with Gasteiger partial charge in [-0.15, -0.1) is 0 Å². The highest BCUT2D eigenvalue weighted by atomic mass is 19.3. The molecule has 1 aliphatic carbocycles. The van der Waals surface area contributed by atoms with Crippen LogP contribution in [0.3, 0.4) is 0 Å². The summed E-state index contributed by atoms with van der Waals surface area (Å²) in [6.07, 6.45) is 10.2. The van der Waals surface area contributed by atoms with E-state index in [0.717, 1.165) is 43.4 Å². The summed E-state index contributed by atoms with van der Waals surface area (Å²) < 4.78 is 72.5. The van der Waals surface area contributed by atoms with Gasteiger partial charge < -0.3 is 4.74 Å². The lowest BCUT2D eigenvalue weighted by Gasteiger charge is -2.33. The van der Waals surface area contributed by atoms with Gasteiger partial charge in [-0.1, -0.05) is 85.0 Å². The molecular weight excluding hydrogens is 447 g/mol. The van der Waals surface area contributed by atoms with Crippen LogP contribution >= 0.6 is 0 Å². The van der Waals surface area contributed by atoms with Crippen LogP contribution < -0.4 is 4.74 Å². The molecule has 196 valence electrons. The summed E-state index contributed by atoms with van der Waals surface area (Å²) in [5.41, 5.74) is 0. The highest BCUT2D eigenvalue weighted by molar-refractivity contribution is 5.25. The lowest BCUT2D eigenvalue weighted by atomic mass is 9.73. The third-order valence-corrected chi connectivity index (χ3v) is 7.58. The van der Waals surface area contributed by atoms with Gasteiger partial charge in [-0.2, -0.15) is 8.78 Å². The molecule has 0 spiro atoms. The minimum Gasteiger partial charge on any atom is -0.432 e. The van der Waals surface area contributed by atoms with E-state index in [-0.39, 0.29) is 6.42 Å². The first-order chi connectivity index (χ1) is 16.1. The number of hydrogen-bond acceptors (Lipinski definition) is 1. The zero-order valence-electron chi connectivity index (χ0n) is 21.2. The molecule has 0 bridgehead atoms. The second-order valence-electron chi connectivity index (χ2n) is 10.5. The van der Waals surface area contributed by atoms with E-state index < -0.39 is 35.7 Å². The minimum atomic E-state index is -3.56. The van der Waals surface area contributed by atoms with Crippen molar-refractivity contribution < 1.29 is 26.7 Å². The van der Waals surface area contributed by atoms with Gasteiger partial charge in [0.05, 0.1) is 6.42 Å². The summed E-state index contributed by atoms with van der Waals surface area (Å²) in [6.45, 7) is 6.73. The van der Waals surface area contributed by atoms with Crippen LogP contribution in [0.4, 0.5) is 22.0 Å². The molecule has 1 aromatic rings. The molecule has 0 saturated heterocycles. The maximum Gasteiger partial charge on any atom is 0.397 e. The van der Waals surface area contributed by atoms with Crippen molar-refractivity contribution in [2.24, 2.45) is 23.7 Å². The molecule has 0 aliphatic heterocycles. The standard InChI is InChI=1S/C28H43F5O/c1-4-8-21(10-6-12-22(9-5-2)23-15-13-20(3)14-16-23)11-7-17-28(32,33)34-24-18-25(29)27(31)26(30)19-24/h18-23H,4-17H2,1-3H3. The molecule has 34 heavy (non-hydrogen) atoms. The predicted molar refractivity (Wildman–Crippen MR) is 128 cm³/mol. The summed E-state index contributed by atoms with van der Waals surface area (Å²) in [6, 6.07) is 0.901. The molecule has 1 saturated carbocycles. The van der Waals surface area contributed by atoms with Crippen molar-refractivity contribution >= 4 is 0 Å². The van der Waals surface area contributed by atoms with Crippen molar-refractivity contribution in [2.75, 3.05) is 0 Å². The van der Waals surface area contributed by atoms with Gasteiger partial charge in [0, 0.05) is 12.1 Å². The third kappa shape index (κ3) is 9.73. The summed E-state index contributed by atoms with van der Waals surface area (Å²) in [5.74, 6) is -2.60. The molecule has 1 nitrogen and oxygen atoms in total. The zero-order valence-corrected chi connectivity index (χ0v) is 21.2. The van der Waals surface area contributed by atoms with Crippen molar-refractivity contribution in [3.8, 4) is 5.75 Å². The topological polar surface area (TPSA) is 9.23 Å². The van der Waals surface area contributed by atoms with Crippen LogP contribution in [-0.4, -0.2) is 6.11 Å². The van der Waals surface area contributed by atoms with E-state index in [9.17, 15) is 22.0 Å². The number of rotatable bonds is 15. The molecule has 6 heteroatoms. The molecule has 2 atom stereocenters. The highest BCUT2D eigenvalue weighted by Gasteiger charge is 2.32. The van der Waals surface area contributed by atoms with E-state index >= 15 is 0 Å². The Labute approximate surface area is 202 Å². The fourth-order valence-electron chi connectivity index (χ4n) is 5.66. The van der Waals surface area contributed by atoms with Gasteiger partial charge in [-0.05, 0) is 42.9 Å². The predicted octanol–water partition coefficient (Wildman–Crippen LogP) is 10.1. The van der Waals surface area contributed by atoms with Crippen molar-refractivity contribution in [3.05, 3.63) is 29.6 Å². The van der Waals surface area contributed by atoms with Crippen LogP contribution in [0.5, 0.6) is 5.75 Å². The Morgan fingerprint density at radius 3 is 2.03 bits per heavy atom. The molecule has 0 aromatic heterocycles. The van der Waals surface area contributed by atoms with Gasteiger partial charge in [-0.25, -0.2) is 13.2 Å². The Hall–Kier alpha value is -1.33. The smallest absolute Gasteiger partial charge is 0.397 e. The first kappa shape index (κ1) is 28.9. The highest BCUT2D eigenvalue weighted by Crippen LogP contribution is 2.38. The van der Waals surface area contributed by atoms with Crippen LogP contribution in [-0.2, 0) is 0 Å². The molecule has 2 rings (SSSR count). The largest absolute Gasteiger partial charge is 0.432 e. The summed E-state index contributed by atoms with van der Waals surface area (Å²) in [5, 5.41) is 0. The van der Waals surface area contributed by atoms with Crippen molar-refractivity contribution in [2.45, 2.75) is 117 Å². The molecule has 0 heterocycles. The average Bonchev–Trinajstić information content (AvgIpc) is 2.77. The molecule has 0 N–H and O–H groups in total. The van der Waals surface area contributed by atoms with E-state index in [1.807, 2.05) is 0 Å². The molecule has 0 radical (unpaired) electrons. The molecule has 2 unspecified atom stereocenters. The Bertz CT molecular complexity index is 692. The fourth-order valence-corrected chi connectivity index (χ4v) is 5.66. The molecule has 0 amide bonds. The lowest BCUT2D eigenvalue weighted by molar-refractivity contribution is -0.182. The summed E-state index contributed by atoms with van der Waals surface area (Å²) >= 11 is 0. The van der Waals surface area contributed by atoms with Gasteiger partial charge in [0.25, 0.3) is 0 Å². The van der Waals surface area contributed by atoms with Crippen LogP contribution in [0.2, 0.25) is 0 Å². The Morgan fingerprint density at radius 1 is 0.853 bits per heavy atom. The van der Waals surface area contributed by atoms with Gasteiger partial charge in [-0.3, -0.25) is 0 Å². The second-order valence-corrected chi connectivity index (χ2v) is 10.5. The number of hydrogen-bond donors (Lipinski definition) is 0. The normalized spacial score (nSPS) is 20.8. The van der Waals surface area contributed by atoms with Crippen molar-refractivity contribution in [3.63, 3.8) is 0 Å². The van der Waals surface area contributed by atoms with E-state index in [4.69, 9.17) is 0 Å². The number of ether oxygens (including phenoxy) is 1. The van der Waals surface area contributed by atoms with Crippen molar-refractivity contribution in [1.29, 1.82) is 0 Å². The van der Waals surface area contributed by atoms with Gasteiger partial charge in [0.1, 0.15) is 5.75 Å². The van der Waals surface area contributed by atoms with Gasteiger partial charge in [0.2, 0.25) is 0 Å². The first-order valence-electron chi connectivity index (χ1n) is 13.4. The molecule has 1 aromatic carbocycles. The molecular formula is C28H43F5O. The van der Waals surface area contributed by atoms with Gasteiger partial charge >= 0.3 is 6.11 Å². The van der Waals surface area contributed by atoms with Crippen LogP contribution in [0.25, 0.3) is 0 Å². The fraction of sp³-hybridized carbons (Fsp3) is 0.786. The van der Waals surface area contributed by atoms with Gasteiger partial charge in [0.15, 0.2) is 17.5 Å². The Balaban J connectivity index is 1.79. The number of benzene rings is 1. The van der Waals surface area contributed by atoms with Crippen LogP contribution in [0.15, 0.2) is 12.1 Å². The quantitative estimate of drug-likeness (QED) is 0.175. The van der Waals surface area contributed by atoms with Crippen molar-refractivity contribution in [1.82, 2.24) is 0 Å². The first-order valence-corrected chi connectivity index (χ1v) is 13.4. The number of alkyl halides is 2. The monoisotopic (exact) mass is 490 g/mol. The second kappa shape index (κ2) is 14.3. The SMILES string of the molecule is CCCC(CCCC(CCC)C1CCC(C)CC1)CCCC(F)(F)Oc1cc(F)c(F)c(F)c1. The maximum absolute atomic E-state index is 14.2. The molecule has 1 fully saturated rings. The van der Waals surface area contributed by atoms with E-state index in [0.29, 0.717) is 24.5 Å². The maximum atomic E-state index is 14.2. The Morgan fingerprint density at radius 2 is 1.44 bits per heavy atom. The summed E-state index contributed by atoms with van der Waals surface area (Å²) in [4.78, 5) is 0. The lowest BCUT2D eigenvalue weighted by Crippen LogP contribution is -2.25. The minimum absolute atomic E-state index is 0.267. The van der Waals surface area contributed by atoms with E-state index in [1.165, 1.54) is 44.9 Å². The zero-order chi connectivity index (χ0) is 25.1. The molecule has 1 aliphatic rings. The summed E-state index contributed by atoms with van der Waals surface area (Å²) in [7, 11) is 0. The van der Waals surface area contributed by atoms with Crippen LogP contribution in [0, 0.1) is 41.1 Å². The number of halogens is 5. The Kier molecular flexibility index (Phi) is 12.1.